The fraction of sp³-hybridized carbons (Fsp3) is 1.00. The quantitative estimate of drug-likeness (QED) is 0.467. The summed E-state index contributed by atoms with van der Waals surface area (Å²) >= 11 is 5.97. The lowest BCUT2D eigenvalue weighted by Crippen LogP contribution is -2.15. The Bertz CT molecular complexity index is 78.0. The van der Waals surface area contributed by atoms with Gasteiger partial charge >= 0.3 is 0 Å². The molecule has 0 amide bonds. The summed E-state index contributed by atoms with van der Waals surface area (Å²) in [6.45, 7) is 6.25. The Morgan fingerprint density at radius 3 is 2.50 bits per heavy atom. The van der Waals surface area contributed by atoms with E-state index in [2.05, 4.69) is 6.92 Å². The molecule has 0 saturated carbocycles. The zero-order valence-corrected chi connectivity index (χ0v) is 8.97. The van der Waals surface area contributed by atoms with E-state index < -0.39 is 8.35 Å². The maximum Gasteiger partial charge on any atom is 0.274 e. The molecule has 0 saturated heterocycles. The second-order valence-electron chi connectivity index (χ2n) is 2.74. The van der Waals surface area contributed by atoms with E-state index in [0.29, 0.717) is 6.10 Å². The second-order valence-corrected chi connectivity index (χ2v) is 5.87. The van der Waals surface area contributed by atoms with Crippen molar-refractivity contribution in [3.05, 3.63) is 0 Å². The van der Waals surface area contributed by atoms with Gasteiger partial charge in [0.15, 0.2) is 0 Å². The van der Waals surface area contributed by atoms with Crippen LogP contribution in [-0.2, 0) is 4.43 Å². The van der Waals surface area contributed by atoms with Crippen molar-refractivity contribution in [3.8, 4) is 0 Å². The van der Waals surface area contributed by atoms with Gasteiger partial charge in [-0.05, 0) is 19.9 Å². The average molecular weight is 181 g/mol. The summed E-state index contributed by atoms with van der Waals surface area (Å²) in [6.07, 6.45) is 2.75. The van der Waals surface area contributed by atoms with Crippen LogP contribution in [0.5, 0.6) is 0 Å². The molecule has 1 atom stereocenters. The standard InChI is InChI=1S/C7H17ClOSi/c1-4-5-6-10(8)9-7(2)3/h7,10H,4-6H2,1-3H3. The predicted molar refractivity (Wildman–Crippen MR) is 48.9 cm³/mol. The molecule has 0 aliphatic rings. The van der Waals surface area contributed by atoms with Gasteiger partial charge < -0.3 is 4.43 Å². The van der Waals surface area contributed by atoms with Gasteiger partial charge in [0, 0.05) is 6.10 Å². The zero-order chi connectivity index (χ0) is 7.98. The molecule has 10 heavy (non-hydrogen) atoms. The lowest BCUT2D eigenvalue weighted by atomic mass is 10.4. The molecule has 3 heteroatoms. The smallest absolute Gasteiger partial charge is 0.274 e. The Hall–Kier alpha value is 0.467. The van der Waals surface area contributed by atoms with E-state index >= 15 is 0 Å². The van der Waals surface area contributed by atoms with Crippen molar-refractivity contribution in [1.29, 1.82) is 0 Å². The first kappa shape index (κ1) is 10.5. The van der Waals surface area contributed by atoms with Crippen molar-refractivity contribution in [1.82, 2.24) is 0 Å². The number of unbranched alkanes of at least 4 members (excludes halogenated alkanes) is 1. The second kappa shape index (κ2) is 6.19. The van der Waals surface area contributed by atoms with Crippen molar-refractivity contribution in [2.75, 3.05) is 0 Å². The topological polar surface area (TPSA) is 9.23 Å². The van der Waals surface area contributed by atoms with E-state index in [1.54, 1.807) is 0 Å². The van der Waals surface area contributed by atoms with E-state index in [1.807, 2.05) is 13.8 Å². The van der Waals surface area contributed by atoms with Crippen molar-refractivity contribution in [2.45, 2.75) is 45.8 Å². The average Bonchev–Trinajstić information content (AvgIpc) is 1.82. The molecule has 0 spiro atoms. The highest BCUT2D eigenvalue weighted by Gasteiger charge is 2.07. The van der Waals surface area contributed by atoms with Crippen molar-refractivity contribution >= 4 is 19.4 Å². The predicted octanol–water partition coefficient (Wildman–Crippen LogP) is 2.67. The largest absolute Gasteiger partial charge is 0.403 e. The number of rotatable bonds is 5. The Morgan fingerprint density at radius 2 is 2.10 bits per heavy atom. The van der Waals surface area contributed by atoms with E-state index in [4.69, 9.17) is 15.5 Å². The van der Waals surface area contributed by atoms with Crippen molar-refractivity contribution in [3.63, 3.8) is 0 Å². The van der Waals surface area contributed by atoms with E-state index in [0.717, 1.165) is 6.04 Å². The summed E-state index contributed by atoms with van der Waals surface area (Å²) in [5, 5.41) is 0. The van der Waals surface area contributed by atoms with Gasteiger partial charge in [-0.1, -0.05) is 19.8 Å². The number of halogens is 1. The monoisotopic (exact) mass is 180 g/mol. The molecule has 0 aromatic heterocycles. The maximum absolute atomic E-state index is 5.97. The molecular weight excluding hydrogens is 164 g/mol. The SMILES string of the molecule is CCCC[SiH](Cl)OC(C)C. The third-order valence-corrected chi connectivity index (χ3v) is 3.87. The van der Waals surface area contributed by atoms with E-state index in [-0.39, 0.29) is 0 Å². The molecule has 0 radical (unpaired) electrons. The molecule has 0 aromatic rings. The lowest BCUT2D eigenvalue weighted by molar-refractivity contribution is 0.250. The molecule has 0 fully saturated rings. The van der Waals surface area contributed by atoms with Crippen LogP contribution in [0.2, 0.25) is 6.04 Å². The fourth-order valence-electron chi connectivity index (χ4n) is 0.728. The van der Waals surface area contributed by atoms with Gasteiger partial charge in [-0.2, -0.15) is 0 Å². The summed E-state index contributed by atoms with van der Waals surface area (Å²) in [5.74, 6) is 0. The van der Waals surface area contributed by atoms with Gasteiger partial charge in [0.05, 0.1) is 0 Å². The highest BCUT2D eigenvalue weighted by Crippen LogP contribution is 2.07. The third kappa shape index (κ3) is 6.58. The van der Waals surface area contributed by atoms with E-state index in [9.17, 15) is 0 Å². The Kier molecular flexibility index (Phi) is 6.48. The first-order valence-corrected chi connectivity index (χ1v) is 6.99. The molecule has 1 nitrogen and oxygen atoms in total. The van der Waals surface area contributed by atoms with Crippen LogP contribution >= 0.6 is 11.1 Å². The zero-order valence-electron chi connectivity index (χ0n) is 7.06. The molecule has 0 aliphatic heterocycles. The van der Waals surface area contributed by atoms with Gasteiger partial charge in [-0.25, -0.2) is 0 Å². The molecule has 0 aromatic carbocycles. The molecule has 0 aliphatic carbocycles. The number of hydrogen-bond donors (Lipinski definition) is 0. The van der Waals surface area contributed by atoms with Gasteiger partial charge in [0.2, 0.25) is 0 Å². The number of hydrogen-bond acceptors (Lipinski definition) is 1. The van der Waals surface area contributed by atoms with Crippen molar-refractivity contribution in [2.24, 2.45) is 0 Å². The maximum atomic E-state index is 5.97. The van der Waals surface area contributed by atoms with Crippen LogP contribution in [0.3, 0.4) is 0 Å². The van der Waals surface area contributed by atoms with Crippen molar-refractivity contribution < 1.29 is 4.43 Å². The van der Waals surface area contributed by atoms with Crippen LogP contribution in [0.4, 0.5) is 0 Å². The first-order valence-electron chi connectivity index (χ1n) is 3.96. The Labute approximate surface area is 70.2 Å². The van der Waals surface area contributed by atoms with Crippen LogP contribution in [0.15, 0.2) is 0 Å². The molecule has 0 rings (SSSR count). The summed E-state index contributed by atoms with van der Waals surface area (Å²) in [4.78, 5) is 0. The molecule has 62 valence electrons. The van der Waals surface area contributed by atoms with E-state index in [1.165, 1.54) is 12.8 Å². The molecule has 0 N–H and O–H groups in total. The minimum Gasteiger partial charge on any atom is -0.403 e. The Balaban J connectivity index is 3.16. The molecular formula is C7H17ClOSi. The summed E-state index contributed by atoms with van der Waals surface area (Å²) in [7, 11) is -1.31. The minimum absolute atomic E-state index is 0.311. The first-order chi connectivity index (χ1) is 4.66. The van der Waals surface area contributed by atoms with Gasteiger partial charge in [0.1, 0.15) is 0 Å². The molecule has 0 bridgehead atoms. The highest BCUT2D eigenvalue weighted by atomic mass is 35.6. The summed E-state index contributed by atoms with van der Waals surface area (Å²) in [5.41, 5.74) is 0. The van der Waals surface area contributed by atoms with Crippen LogP contribution in [-0.4, -0.2) is 14.5 Å². The minimum atomic E-state index is -1.31. The fourth-order valence-corrected chi connectivity index (χ4v) is 3.26. The highest BCUT2D eigenvalue weighted by molar-refractivity contribution is 7.03. The van der Waals surface area contributed by atoms with Gasteiger partial charge in [0.25, 0.3) is 8.35 Å². The van der Waals surface area contributed by atoms with Gasteiger partial charge in [-0.15, -0.1) is 11.1 Å². The van der Waals surface area contributed by atoms with Crippen LogP contribution in [0, 0.1) is 0 Å². The third-order valence-electron chi connectivity index (χ3n) is 1.20. The Morgan fingerprint density at radius 1 is 1.50 bits per heavy atom. The van der Waals surface area contributed by atoms with Crippen LogP contribution in [0.1, 0.15) is 33.6 Å². The normalized spacial score (nSPS) is 14.1. The van der Waals surface area contributed by atoms with Gasteiger partial charge in [-0.3, -0.25) is 0 Å². The molecule has 1 unspecified atom stereocenters. The van der Waals surface area contributed by atoms with Crippen LogP contribution < -0.4 is 0 Å². The summed E-state index contributed by atoms with van der Waals surface area (Å²) < 4.78 is 5.46. The van der Waals surface area contributed by atoms with Crippen LogP contribution in [0.25, 0.3) is 0 Å². The lowest BCUT2D eigenvalue weighted by Gasteiger charge is -2.11. The summed E-state index contributed by atoms with van der Waals surface area (Å²) in [6, 6.07) is 1.11. The molecule has 0 heterocycles.